The highest BCUT2D eigenvalue weighted by Gasteiger charge is 2.31. The SMILES string of the molecule is FC(F)(F)Oc1ccc(-c2nc3cc(I)ccc3o2)cc1. The smallest absolute Gasteiger partial charge is 0.436 e. The molecule has 3 aromatic rings. The van der Waals surface area contributed by atoms with Gasteiger partial charge in [0.25, 0.3) is 0 Å². The van der Waals surface area contributed by atoms with Crippen molar-refractivity contribution in [3.8, 4) is 17.2 Å². The fourth-order valence-corrected chi connectivity index (χ4v) is 2.30. The van der Waals surface area contributed by atoms with Crippen LogP contribution in [0.5, 0.6) is 5.75 Å². The maximum atomic E-state index is 12.1. The van der Waals surface area contributed by atoms with Gasteiger partial charge >= 0.3 is 6.36 Å². The van der Waals surface area contributed by atoms with E-state index in [0.717, 1.165) is 3.57 Å². The van der Waals surface area contributed by atoms with Gasteiger partial charge in [0.2, 0.25) is 5.89 Å². The second-order valence-electron chi connectivity index (χ2n) is 4.20. The number of alkyl halides is 3. The number of hydrogen-bond donors (Lipinski definition) is 0. The maximum absolute atomic E-state index is 12.1. The van der Waals surface area contributed by atoms with Gasteiger partial charge in [-0.3, -0.25) is 0 Å². The van der Waals surface area contributed by atoms with Gasteiger partial charge in [0.1, 0.15) is 11.3 Å². The van der Waals surface area contributed by atoms with Gasteiger partial charge in [-0.15, -0.1) is 13.2 Å². The Hall–Kier alpha value is -1.77. The lowest BCUT2D eigenvalue weighted by Crippen LogP contribution is -2.16. The van der Waals surface area contributed by atoms with Gasteiger partial charge in [-0.1, -0.05) is 0 Å². The monoisotopic (exact) mass is 405 g/mol. The Kier molecular flexibility index (Phi) is 3.52. The summed E-state index contributed by atoms with van der Waals surface area (Å²) in [5.74, 6) is 0.0717. The number of hydrogen-bond acceptors (Lipinski definition) is 3. The number of ether oxygens (including phenoxy) is 1. The predicted octanol–water partition coefficient (Wildman–Crippen LogP) is 5.00. The lowest BCUT2D eigenvalue weighted by atomic mass is 10.2. The second kappa shape index (κ2) is 5.21. The molecule has 0 unspecified atom stereocenters. The van der Waals surface area contributed by atoms with Crippen LogP contribution in [0, 0.1) is 3.57 Å². The molecule has 1 aromatic heterocycles. The first-order chi connectivity index (χ1) is 9.90. The van der Waals surface area contributed by atoms with Crippen molar-refractivity contribution < 1.29 is 22.3 Å². The molecule has 0 aliphatic heterocycles. The van der Waals surface area contributed by atoms with E-state index in [0.29, 0.717) is 22.6 Å². The molecule has 3 nitrogen and oxygen atoms in total. The number of benzene rings is 2. The van der Waals surface area contributed by atoms with Crippen LogP contribution < -0.4 is 4.74 Å². The molecule has 0 aliphatic carbocycles. The van der Waals surface area contributed by atoms with Gasteiger partial charge < -0.3 is 9.15 Å². The van der Waals surface area contributed by atoms with Crippen molar-refractivity contribution in [2.75, 3.05) is 0 Å². The fraction of sp³-hybridized carbons (Fsp3) is 0.0714. The van der Waals surface area contributed by atoms with E-state index < -0.39 is 6.36 Å². The van der Waals surface area contributed by atoms with Crippen LogP contribution in [0.1, 0.15) is 0 Å². The summed E-state index contributed by atoms with van der Waals surface area (Å²) < 4.78 is 46.7. The van der Waals surface area contributed by atoms with Crippen LogP contribution in [0.2, 0.25) is 0 Å². The Morgan fingerprint density at radius 1 is 1.05 bits per heavy atom. The molecule has 2 aromatic carbocycles. The molecular formula is C14H7F3INO2. The van der Waals surface area contributed by atoms with Crippen LogP contribution in [-0.2, 0) is 0 Å². The third-order valence-electron chi connectivity index (χ3n) is 2.68. The average Bonchev–Trinajstić information content (AvgIpc) is 2.80. The summed E-state index contributed by atoms with van der Waals surface area (Å²) in [6.45, 7) is 0. The van der Waals surface area contributed by atoms with E-state index in [-0.39, 0.29) is 5.75 Å². The lowest BCUT2D eigenvalue weighted by molar-refractivity contribution is -0.274. The topological polar surface area (TPSA) is 35.3 Å². The van der Waals surface area contributed by atoms with E-state index in [2.05, 4.69) is 32.3 Å². The summed E-state index contributed by atoms with van der Waals surface area (Å²) in [6.07, 6.45) is -4.70. The molecule has 1 heterocycles. The molecule has 0 saturated carbocycles. The first-order valence-electron chi connectivity index (χ1n) is 5.83. The summed E-state index contributed by atoms with van der Waals surface area (Å²) in [5, 5.41) is 0. The fourth-order valence-electron chi connectivity index (χ4n) is 1.82. The summed E-state index contributed by atoms with van der Waals surface area (Å²) in [6, 6.07) is 10.9. The minimum absolute atomic E-state index is 0.281. The van der Waals surface area contributed by atoms with Crippen molar-refractivity contribution in [2.24, 2.45) is 0 Å². The van der Waals surface area contributed by atoms with Crippen LogP contribution in [0.3, 0.4) is 0 Å². The zero-order valence-corrected chi connectivity index (χ0v) is 12.5. The number of nitrogens with zero attached hydrogens (tertiary/aromatic N) is 1. The van der Waals surface area contributed by atoms with Crippen LogP contribution in [-0.4, -0.2) is 11.3 Å². The maximum Gasteiger partial charge on any atom is 0.573 e. The number of aromatic nitrogens is 1. The van der Waals surface area contributed by atoms with Gasteiger partial charge in [-0.25, -0.2) is 4.98 Å². The zero-order chi connectivity index (χ0) is 15.0. The van der Waals surface area contributed by atoms with E-state index in [1.165, 1.54) is 24.3 Å². The first kappa shape index (κ1) is 14.2. The van der Waals surface area contributed by atoms with Crippen LogP contribution in [0.15, 0.2) is 46.9 Å². The largest absolute Gasteiger partial charge is 0.573 e. The Labute approximate surface area is 130 Å². The molecule has 0 spiro atoms. The number of rotatable bonds is 2. The molecule has 3 rings (SSSR count). The third kappa shape index (κ3) is 3.29. The van der Waals surface area contributed by atoms with E-state index in [1.807, 2.05) is 12.1 Å². The predicted molar refractivity (Wildman–Crippen MR) is 78.8 cm³/mol. The highest BCUT2D eigenvalue weighted by atomic mass is 127. The van der Waals surface area contributed by atoms with Gasteiger partial charge in [-0.2, -0.15) is 0 Å². The van der Waals surface area contributed by atoms with E-state index in [4.69, 9.17) is 4.42 Å². The summed E-state index contributed by atoms with van der Waals surface area (Å²) in [7, 11) is 0. The number of halogens is 4. The van der Waals surface area contributed by atoms with Crippen molar-refractivity contribution in [3.05, 3.63) is 46.0 Å². The summed E-state index contributed by atoms with van der Waals surface area (Å²) >= 11 is 2.16. The first-order valence-corrected chi connectivity index (χ1v) is 6.91. The third-order valence-corrected chi connectivity index (χ3v) is 3.36. The van der Waals surface area contributed by atoms with Crippen molar-refractivity contribution in [1.82, 2.24) is 4.98 Å². The minimum Gasteiger partial charge on any atom is -0.436 e. The number of fused-ring (bicyclic) bond motifs is 1. The molecule has 0 fully saturated rings. The van der Waals surface area contributed by atoms with Crippen LogP contribution >= 0.6 is 22.6 Å². The molecule has 0 bridgehead atoms. The highest BCUT2D eigenvalue weighted by molar-refractivity contribution is 14.1. The molecule has 0 N–H and O–H groups in total. The Morgan fingerprint density at radius 2 is 1.76 bits per heavy atom. The molecule has 0 saturated heterocycles. The Balaban J connectivity index is 1.91. The molecule has 7 heteroatoms. The van der Waals surface area contributed by atoms with Crippen molar-refractivity contribution >= 4 is 33.7 Å². The minimum atomic E-state index is -4.70. The standard InChI is InChI=1S/C14H7F3INO2/c15-14(16,17)21-10-4-1-8(2-5-10)13-19-11-7-9(18)3-6-12(11)20-13/h1-7H. The van der Waals surface area contributed by atoms with Gasteiger partial charge in [0.15, 0.2) is 5.58 Å². The zero-order valence-electron chi connectivity index (χ0n) is 10.3. The number of oxazole rings is 1. The molecule has 21 heavy (non-hydrogen) atoms. The molecule has 0 radical (unpaired) electrons. The summed E-state index contributed by atoms with van der Waals surface area (Å²) in [4.78, 5) is 4.31. The molecule has 108 valence electrons. The molecule has 0 atom stereocenters. The second-order valence-corrected chi connectivity index (χ2v) is 5.45. The lowest BCUT2D eigenvalue weighted by Gasteiger charge is -2.08. The van der Waals surface area contributed by atoms with Gasteiger partial charge in [0, 0.05) is 9.13 Å². The van der Waals surface area contributed by atoms with E-state index in [9.17, 15) is 13.2 Å². The average molecular weight is 405 g/mol. The Bertz CT molecular complexity index is 781. The molecule has 0 amide bonds. The van der Waals surface area contributed by atoms with Crippen molar-refractivity contribution in [3.63, 3.8) is 0 Å². The highest BCUT2D eigenvalue weighted by Crippen LogP contribution is 2.28. The quantitative estimate of drug-likeness (QED) is 0.564. The van der Waals surface area contributed by atoms with Gasteiger partial charge in [-0.05, 0) is 65.1 Å². The Morgan fingerprint density at radius 3 is 2.43 bits per heavy atom. The van der Waals surface area contributed by atoms with Crippen molar-refractivity contribution in [2.45, 2.75) is 6.36 Å². The van der Waals surface area contributed by atoms with E-state index in [1.54, 1.807) is 6.07 Å². The van der Waals surface area contributed by atoms with Crippen LogP contribution in [0.25, 0.3) is 22.6 Å². The normalized spacial score (nSPS) is 11.8. The van der Waals surface area contributed by atoms with Gasteiger partial charge in [0.05, 0.1) is 0 Å². The van der Waals surface area contributed by atoms with E-state index >= 15 is 0 Å². The molecule has 0 aliphatic rings. The summed E-state index contributed by atoms with van der Waals surface area (Å²) in [5.41, 5.74) is 1.91. The van der Waals surface area contributed by atoms with Crippen molar-refractivity contribution in [1.29, 1.82) is 0 Å². The van der Waals surface area contributed by atoms with Crippen LogP contribution in [0.4, 0.5) is 13.2 Å². The molecular weight excluding hydrogens is 398 g/mol.